The predicted octanol–water partition coefficient (Wildman–Crippen LogP) is 5.38. The maximum absolute atomic E-state index is 9.09. The van der Waals surface area contributed by atoms with E-state index in [1.807, 2.05) is 78.2 Å². The van der Waals surface area contributed by atoms with E-state index in [1.165, 1.54) is 0 Å². The fraction of sp³-hybridized carbons (Fsp3) is 0.111. The average molecular weight is 422 g/mol. The Morgan fingerprint density at radius 3 is 2.34 bits per heavy atom. The molecule has 5 aromatic rings. The molecule has 0 saturated heterocycles. The van der Waals surface area contributed by atoms with Crippen molar-refractivity contribution in [2.75, 3.05) is 7.11 Å². The van der Waals surface area contributed by atoms with Crippen LogP contribution in [0.5, 0.6) is 5.75 Å². The van der Waals surface area contributed by atoms with Gasteiger partial charge in [0.2, 0.25) is 5.55 Å². The number of methoxy groups -OCH3 is 1. The van der Waals surface area contributed by atoms with E-state index in [0.717, 1.165) is 38.9 Å². The number of hydrogen-bond acceptors (Lipinski definition) is 4. The number of fused-ring (bicyclic) bond motifs is 3. The van der Waals surface area contributed by atoms with Crippen LogP contribution in [-0.2, 0) is 6.54 Å². The molecular weight excluding hydrogens is 398 g/mol. The number of aromatic nitrogens is 1. The van der Waals surface area contributed by atoms with Crippen molar-refractivity contribution in [1.29, 1.82) is 10.8 Å². The van der Waals surface area contributed by atoms with Crippen LogP contribution in [-0.4, -0.2) is 11.7 Å². The van der Waals surface area contributed by atoms with Gasteiger partial charge in [0, 0.05) is 17.3 Å². The Bertz CT molecular complexity index is 1560. The Kier molecular flexibility index (Phi) is 4.86. The number of nitrogens with zero attached hydrogens (tertiary/aromatic N) is 1. The second-order valence-corrected chi connectivity index (χ2v) is 7.90. The minimum atomic E-state index is 0.00412. The zero-order valence-electron chi connectivity index (χ0n) is 18.0. The minimum Gasteiger partial charge on any atom is -0.497 e. The first-order valence-electron chi connectivity index (χ1n) is 10.4. The first-order valence-corrected chi connectivity index (χ1v) is 10.4. The summed E-state index contributed by atoms with van der Waals surface area (Å²) >= 11 is 0. The molecule has 0 fully saturated rings. The maximum atomic E-state index is 9.09. The van der Waals surface area contributed by atoms with Gasteiger partial charge in [0.25, 0.3) is 0 Å². The van der Waals surface area contributed by atoms with Crippen LogP contribution < -0.4 is 15.8 Å². The van der Waals surface area contributed by atoms with Crippen molar-refractivity contribution in [1.82, 2.24) is 4.57 Å². The van der Waals surface area contributed by atoms with Gasteiger partial charge in [-0.05, 0) is 60.5 Å². The highest BCUT2D eigenvalue weighted by atomic mass is 16.5. The molecule has 5 heteroatoms. The lowest BCUT2D eigenvalue weighted by Crippen LogP contribution is -2.26. The lowest BCUT2D eigenvalue weighted by molar-refractivity contribution is 0.415. The van der Waals surface area contributed by atoms with Crippen LogP contribution in [0.15, 0.2) is 83.3 Å². The zero-order valence-corrected chi connectivity index (χ0v) is 18.0. The van der Waals surface area contributed by atoms with Crippen LogP contribution >= 0.6 is 0 Å². The molecule has 3 aromatic carbocycles. The molecule has 2 aromatic heterocycles. The number of pyridine rings is 1. The lowest BCUT2D eigenvalue weighted by Gasteiger charge is -2.17. The van der Waals surface area contributed by atoms with E-state index in [4.69, 9.17) is 20.0 Å². The summed E-state index contributed by atoms with van der Waals surface area (Å²) in [4.78, 5) is 0. The smallest absolute Gasteiger partial charge is 0.223 e. The van der Waals surface area contributed by atoms with E-state index < -0.39 is 0 Å². The Labute approximate surface area is 185 Å². The van der Waals surface area contributed by atoms with Crippen molar-refractivity contribution in [2.24, 2.45) is 0 Å². The zero-order chi connectivity index (χ0) is 22.2. The largest absolute Gasteiger partial charge is 0.497 e. The third kappa shape index (κ3) is 3.38. The Morgan fingerprint density at radius 2 is 1.62 bits per heavy atom. The number of aryl methyl sites for hydroxylation is 1. The first-order chi connectivity index (χ1) is 15.5. The summed E-state index contributed by atoms with van der Waals surface area (Å²) in [5.74, 6) is 0.781. The van der Waals surface area contributed by atoms with Gasteiger partial charge in [-0.15, -0.1) is 0 Å². The molecule has 0 aliphatic heterocycles. The quantitative estimate of drug-likeness (QED) is 0.382. The van der Waals surface area contributed by atoms with Gasteiger partial charge in [-0.25, -0.2) is 0 Å². The van der Waals surface area contributed by atoms with E-state index in [1.54, 1.807) is 7.11 Å². The monoisotopic (exact) mass is 421 g/mol. The van der Waals surface area contributed by atoms with Crippen molar-refractivity contribution < 1.29 is 9.15 Å². The maximum Gasteiger partial charge on any atom is 0.223 e. The minimum absolute atomic E-state index is 0.00412. The summed E-state index contributed by atoms with van der Waals surface area (Å²) in [5.41, 5.74) is 4.98. The highest BCUT2D eigenvalue weighted by Crippen LogP contribution is 2.28. The average Bonchev–Trinajstić information content (AvgIpc) is 2.81. The van der Waals surface area contributed by atoms with Gasteiger partial charge in [-0.2, -0.15) is 0 Å². The summed E-state index contributed by atoms with van der Waals surface area (Å²) in [6.45, 7) is 2.55. The van der Waals surface area contributed by atoms with E-state index in [-0.39, 0.29) is 11.0 Å². The van der Waals surface area contributed by atoms with Gasteiger partial charge in [-0.3, -0.25) is 10.8 Å². The molecule has 0 aliphatic carbocycles. The molecule has 0 aliphatic rings. The van der Waals surface area contributed by atoms with Gasteiger partial charge < -0.3 is 13.7 Å². The van der Waals surface area contributed by atoms with Crippen molar-refractivity contribution in [3.8, 4) is 17.0 Å². The van der Waals surface area contributed by atoms with Crippen LogP contribution in [0.4, 0.5) is 0 Å². The molecular formula is C27H23N3O2. The SMILES string of the molecule is COc1ccc(-c2cc3c(c(=N)oc4ccc(C)cc43)c(=N)n2Cc2ccccc2)cc1. The van der Waals surface area contributed by atoms with E-state index >= 15 is 0 Å². The summed E-state index contributed by atoms with van der Waals surface area (Å²) < 4.78 is 13.1. The molecule has 0 unspecified atom stereocenters. The van der Waals surface area contributed by atoms with Crippen molar-refractivity contribution in [2.45, 2.75) is 13.5 Å². The molecule has 0 saturated carbocycles. The van der Waals surface area contributed by atoms with Crippen molar-refractivity contribution in [3.63, 3.8) is 0 Å². The normalized spacial score (nSPS) is 11.2. The predicted molar refractivity (Wildman–Crippen MR) is 126 cm³/mol. The van der Waals surface area contributed by atoms with Gasteiger partial charge in [-0.1, -0.05) is 42.0 Å². The van der Waals surface area contributed by atoms with Crippen LogP contribution in [0.1, 0.15) is 11.1 Å². The third-order valence-electron chi connectivity index (χ3n) is 5.78. The van der Waals surface area contributed by atoms with Gasteiger partial charge in [0.05, 0.1) is 18.2 Å². The Balaban J connectivity index is 1.88. The molecule has 0 spiro atoms. The molecule has 5 nitrogen and oxygen atoms in total. The second kappa shape index (κ2) is 7.85. The molecule has 32 heavy (non-hydrogen) atoms. The summed E-state index contributed by atoms with van der Waals surface area (Å²) in [6.07, 6.45) is 0. The molecule has 2 N–H and O–H groups in total. The van der Waals surface area contributed by atoms with E-state index in [2.05, 4.69) is 12.1 Å². The molecule has 5 rings (SSSR count). The van der Waals surface area contributed by atoms with E-state index in [9.17, 15) is 0 Å². The fourth-order valence-electron chi connectivity index (χ4n) is 4.15. The first kappa shape index (κ1) is 19.8. The third-order valence-corrected chi connectivity index (χ3v) is 5.78. The summed E-state index contributed by atoms with van der Waals surface area (Å²) in [6, 6.07) is 25.9. The van der Waals surface area contributed by atoms with Crippen molar-refractivity contribution in [3.05, 3.63) is 101 Å². The van der Waals surface area contributed by atoms with Crippen LogP contribution in [0.2, 0.25) is 0 Å². The molecule has 2 heterocycles. The fourth-order valence-corrected chi connectivity index (χ4v) is 4.15. The topological polar surface area (TPSA) is 75.0 Å². The highest BCUT2D eigenvalue weighted by molar-refractivity contribution is 6.05. The summed E-state index contributed by atoms with van der Waals surface area (Å²) in [5, 5.41) is 19.9. The number of ether oxygens (including phenoxy) is 1. The number of hydrogen-bond donors (Lipinski definition) is 2. The molecule has 0 amide bonds. The Morgan fingerprint density at radius 1 is 0.875 bits per heavy atom. The highest BCUT2D eigenvalue weighted by Gasteiger charge is 2.15. The molecule has 158 valence electrons. The number of benzene rings is 3. The lowest BCUT2D eigenvalue weighted by atomic mass is 10.0. The molecule has 0 radical (unpaired) electrons. The van der Waals surface area contributed by atoms with Crippen LogP contribution in [0.3, 0.4) is 0 Å². The van der Waals surface area contributed by atoms with Crippen LogP contribution in [0.25, 0.3) is 33.0 Å². The number of rotatable bonds is 4. The van der Waals surface area contributed by atoms with Crippen LogP contribution in [0, 0.1) is 17.7 Å². The van der Waals surface area contributed by atoms with Gasteiger partial charge in [0.15, 0.2) is 0 Å². The number of nitrogens with one attached hydrogen (secondary N) is 2. The summed E-state index contributed by atoms with van der Waals surface area (Å²) in [7, 11) is 1.65. The standard InChI is InChI=1S/C27H23N3O2/c1-17-8-13-24-21(14-17)22-15-23(19-9-11-20(31-2)12-10-19)30(16-18-6-4-3-5-7-18)26(28)25(22)27(29)32-24/h3-15,28-29H,16H2,1-2H3. The van der Waals surface area contributed by atoms with Gasteiger partial charge >= 0.3 is 0 Å². The van der Waals surface area contributed by atoms with E-state index in [0.29, 0.717) is 17.5 Å². The molecule has 0 bridgehead atoms. The molecule has 0 atom stereocenters. The van der Waals surface area contributed by atoms with Crippen molar-refractivity contribution >= 4 is 21.7 Å². The van der Waals surface area contributed by atoms with Gasteiger partial charge in [0.1, 0.15) is 16.8 Å². The Hall–Kier alpha value is -4.12. The second-order valence-electron chi connectivity index (χ2n) is 7.90.